The average Bonchev–Trinajstić information content (AvgIpc) is 2.12. The van der Waals surface area contributed by atoms with Crippen molar-refractivity contribution in [3.05, 3.63) is 12.4 Å². The molecule has 1 aromatic rings. The molecule has 0 aromatic carbocycles. The van der Waals surface area contributed by atoms with E-state index in [1.807, 2.05) is 0 Å². The van der Waals surface area contributed by atoms with E-state index >= 15 is 0 Å². The second kappa shape index (κ2) is 3.03. The number of amides is 1. The van der Waals surface area contributed by atoms with Gasteiger partial charge in [0.1, 0.15) is 0 Å². The summed E-state index contributed by atoms with van der Waals surface area (Å²) >= 11 is 0. The van der Waals surface area contributed by atoms with E-state index in [2.05, 4.69) is 10.2 Å². The van der Waals surface area contributed by atoms with Crippen LogP contribution in [0.5, 0.6) is 0 Å². The number of rotatable bonds is 0. The van der Waals surface area contributed by atoms with Crippen molar-refractivity contribution in [3.63, 3.8) is 0 Å². The monoisotopic (exact) mass is 148 g/mol. The molecule has 0 bridgehead atoms. The second-order valence-corrected chi connectivity index (χ2v) is 1.16. The third-order valence-corrected chi connectivity index (χ3v) is 0.616. The number of hydrogen-bond donors (Lipinski definition) is 1. The fourth-order valence-corrected chi connectivity index (χ4v) is 0.330. The van der Waals surface area contributed by atoms with Crippen molar-refractivity contribution >= 4 is 18.4 Å². The lowest BCUT2D eigenvalue weighted by Gasteiger charge is -1.84. The third kappa shape index (κ3) is 1.69. The fourth-order valence-electron chi connectivity index (χ4n) is 0.330. The molecule has 2 N–H and O–H groups in total. The topological polar surface area (TPSA) is 73.8 Å². The van der Waals surface area contributed by atoms with Crippen LogP contribution in [0.4, 0.5) is 4.79 Å². The number of nitrogens with zero attached hydrogens (tertiary/aromatic N) is 3. The Kier molecular flexibility index (Phi) is 2.66. The number of halogens is 1. The molecular formula is C3H5ClN4O. The Bertz CT molecular complexity index is 184. The minimum Gasteiger partial charge on any atom is -0.348 e. The Labute approximate surface area is 57.2 Å². The van der Waals surface area contributed by atoms with Crippen LogP contribution >= 0.6 is 12.4 Å². The molecule has 1 amide bonds. The predicted octanol–water partition coefficient (Wildman–Crippen LogP) is -0.373. The molecule has 0 saturated heterocycles. The highest BCUT2D eigenvalue weighted by atomic mass is 35.5. The van der Waals surface area contributed by atoms with Gasteiger partial charge in [0, 0.05) is 0 Å². The van der Waals surface area contributed by atoms with Crippen LogP contribution in [0.1, 0.15) is 0 Å². The second-order valence-electron chi connectivity index (χ2n) is 1.16. The summed E-state index contributed by atoms with van der Waals surface area (Å²) in [4.78, 5) is 10.9. The molecule has 0 radical (unpaired) electrons. The number of nitrogens with two attached hydrogens (primary N) is 1. The van der Waals surface area contributed by atoms with Crippen molar-refractivity contribution < 1.29 is 4.79 Å². The van der Waals surface area contributed by atoms with Crippen molar-refractivity contribution in [2.45, 2.75) is 0 Å². The SMILES string of the molecule is Cl.NC(=O)n1nccn1. The highest BCUT2D eigenvalue weighted by Crippen LogP contribution is 1.71. The van der Waals surface area contributed by atoms with Crippen molar-refractivity contribution in [2.75, 3.05) is 0 Å². The lowest BCUT2D eigenvalue weighted by molar-refractivity contribution is 0.244. The molecule has 0 atom stereocenters. The lowest BCUT2D eigenvalue weighted by atomic mass is 11.0. The number of hydrogen-bond acceptors (Lipinski definition) is 3. The van der Waals surface area contributed by atoms with Gasteiger partial charge in [-0.2, -0.15) is 10.2 Å². The molecule has 5 nitrogen and oxygen atoms in total. The van der Waals surface area contributed by atoms with Gasteiger partial charge in [-0.1, -0.05) is 4.80 Å². The molecule has 0 saturated carbocycles. The van der Waals surface area contributed by atoms with Crippen LogP contribution in [0.3, 0.4) is 0 Å². The van der Waals surface area contributed by atoms with E-state index in [0.29, 0.717) is 0 Å². The fraction of sp³-hybridized carbons (Fsp3) is 0. The van der Waals surface area contributed by atoms with Crippen LogP contribution < -0.4 is 5.73 Å². The van der Waals surface area contributed by atoms with Gasteiger partial charge in [-0.15, -0.1) is 12.4 Å². The summed E-state index contributed by atoms with van der Waals surface area (Å²) in [5.41, 5.74) is 4.76. The Balaban J connectivity index is 0.000000640. The smallest absolute Gasteiger partial charge is 0.348 e. The molecule has 6 heteroatoms. The zero-order valence-electron chi connectivity index (χ0n) is 4.39. The molecule has 1 heterocycles. The van der Waals surface area contributed by atoms with Gasteiger partial charge in [-0.25, -0.2) is 4.79 Å². The van der Waals surface area contributed by atoms with E-state index < -0.39 is 6.03 Å². The predicted molar refractivity (Wildman–Crippen MR) is 32.3 cm³/mol. The number of carbonyl (C=O) groups is 1. The standard InChI is InChI=1S/C3H4N4O.ClH/c4-3(8)7-5-1-2-6-7;/h1-2H,(H2,4,8);1H. The van der Waals surface area contributed by atoms with Crippen molar-refractivity contribution in [1.29, 1.82) is 0 Å². The average molecular weight is 149 g/mol. The van der Waals surface area contributed by atoms with Gasteiger partial charge in [0.15, 0.2) is 0 Å². The van der Waals surface area contributed by atoms with E-state index in [1.165, 1.54) is 12.4 Å². The van der Waals surface area contributed by atoms with Gasteiger partial charge >= 0.3 is 6.03 Å². The molecule has 0 aliphatic rings. The van der Waals surface area contributed by atoms with Crippen LogP contribution in [0, 0.1) is 0 Å². The minimum absolute atomic E-state index is 0. The molecule has 1 rings (SSSR count). The number of aromatic nitrogens is 3. The van der Waals surface area contributed by atoms with Crippen LogP contribution in [0.25, 0.3) is 0 Å². The first-order valence-electron chi connectivity index (χ1n) is 1.97. The van der Waals surface area contributed by atoms with E-state index in [9.17, 15) is 4.79 Å². The molecule has 0 aliphatic carbocycles. The van der Waals surface area contributed by atoms with Crippen molar-refractivity contribution in [3.8, 4) is 0 Å². The van der Waals surface area contributed by atoms with Crippen LogP contribution in [-0.4, -0.2) is 21.0 Å². The molecular weight excluding hydrogens is 144 g/mol. The summed E-state index contributed by atoms with van der Waals surface area (Å²) in [6.07, 6.45) is 2.76. The van der Waals surface area contributed by atoms with Gasteiger partial charge in [0.05, 0.1) is 12.4 Å². The number of primary amides is 1. The van der Waals surface area contributed by atoms with Gasteiger partial charge in [-0.3, -0.25) is 0 Å². The summed E-state index contributed by atoms with van der Waals surface area (Å²) in [6, 6.07) is -0.671. The van der Waals surface area contributed by atoms with E-state index in [0.717, 1.165) is 4.80 Å². The molecule has 50 valence electrons. The van der Waals surface area contributed by atoms with Crippen LogP contribution in [0.15, 0.2) is 12.4 Å². The highest BCUT2D eigenvalue weighted by Gasteiger charge is 1.93. The normalized spacial score (nSPS) is 8.00. The highest BCUT2D eigenvalue weighted by molar-refractivity contribution is 5.85. The van der Waals surface area contributed by atoms with Crippen LogP contribution in [0.2, 0.25) is 0 Å². The first kappa shape index (κ1) is 7.90. The molecule has 0 aliphatic heterocycles. The molecule has 0 fully saturated rings. The minimum atomic E-state index is -0.671. The van der Waals surface area contributed by atoms with Crippen molar-refractivity contribution in [2.24, 2.45) is 5.73 Å². The summed E-state index contributed by atoms with van der Waals surface area (Å²) < 4.78 is 0. The molecule has 0 unspecified atom stereocenters. The van der Waals surface area contributed by atoms with Crippen LogP contribution in [-0.2, 0) is 0 Å². The molecule has 9 heavy (non-hydrogen) atoms. The summed E-state index contributed by atoms with van der Waals surface area (Å²) in [5.74, 6) is 0. The van der Waals surface area contributed by atoms with E-state index in [1.54, 1.807) is 0 Å². The summed E-state index contributed by atoms with van der Waals surface area (Å²) in [5, 5.41) is 6.89. The maximum Gasteiger partial charge on any atom is 0.356 e. The first-order chi connectivity index (χ1) is 3.80. The van der Waals surface area contributed by atoms with Gasteiger partial charge < -0.3 is 5.73 Å². The Morgan fingerprint density at radius 1 is 1.44 bits per heavy atom. The van der Waals surface area contributed by atoms with E-state index in [4.69, 9.17) is 5.73 Å². The maximum absolute atomic E-state index is 10.1. The third-order valence-electron chi connectivity index (χ3n) is 0.616. The van der Waals surface area contributed by atoms with Gasteiger partial charge in [-0.05, 0) is 0 Å². The van der Waals surface area contributed by atoms with Gasteiger partial charge in [0.25, 0.3) is 0 Å². The largest absolute Gasteiger partial charge is 0.356 e. The van der Waals surface area contributed by atoms with E-state index in [-0.39, 0.29) is 12.4 Å². The molecule has 1 aromatic heterocycles. The Hall–Kier alpha value is -1.10. The van der Waals surface area contributed by atoms with Crippen molar-refractivity contribution in [1.82, 2.24) is 15.0 Å². The summed E-state index contributed by atoms with van der Waals surface area (Å²) in [7, 11) is 0. The first-order valence-corrected chi connectivity index (χ1v) is 1.97. The maximum atomic E-state index is 10.1. The Morgan fingerprint density at radius 2 is 1.89 bits per heavy atom. The quantitative estimate of drug-likeness (QED) is 0.546. The van der Waals surface area contributed by atoms with Gasteiger partial charge in [0.2, 0.25) is 0 Å². The zero-order chi connectivity index (χ0) is 5.98. The Morgan fingerprint density at radius 3 is 2.11 bits per heavy atom. The zero-order valence-corrected chi connectivity index (χ0v) is 5.21. The molecule has 0 spiro atoms. The number of carbonyl (C=O) groups excluding carboxylic acids is 1. The summed E-state index contributed by atoms with van der Waals surface area (Å²) in [6.45, 7) is 0. The lowest BCUT2D eigenvalue weighted by Crippen LogP contribution is -2.21.